The zero-order valence-corrected chi connectivity index (χ0v) is 19.9. The van der Waals surface area contributed by atoms with E-state index >= 15 is 0 Å². The highest BCUT2D eigenvalue weighted by atomic mass is 19.3. The Labute approximate surface area is 210 Å². The van der Waals surface area contributed by atoms with Crippen molar-refractivity contribution in [2.45, 2.75) is 45.1 Å². The van der Waals surface area contributed by atoms with Crippen LogP contribution in [0.2, 0.25) is 0 Å². The minimum Gasteiger partial charge on any atom is -0.466 e. The molecule has 196 valence electrons. The van der Waals surface area contributed by atoms with E-state index in [0.29, 0.717) is 25.1 Å². The molecule has 0 saturated heterocycles. The first kappa shape index (κ1) is 26.0. The van der Waals surface area contributed by atoms with E-state index in [2.05, 4.69) is 25.6 Å². The van der Waals surface area contributed by atoms with E-state index in [9.17, 15) is 22.8 Å². The Hall–Kier alpha value is -4.09. The van der Waals surface area contributed by atoms with E-state index in [4.69, 9.17) is 9.15 Å². The molecule has 0 radical (unpaired) electrons. The molecule has 9 nitrogen and oxygen atoms in total. The molecule has 37 heavy (non-hydrogen) atoms. The second-order valence-corrected chi connectivity index (χ2v) is 8.43. The highest BCUT2D eigenvalue weighted by molar-refractivity contribution is 6.01. The Morgan fingerprint density at radius 2 is 1.81 bits per heavy atom. The Morgan fingerprint density at radius 3 is 2.46 bits per heavy atom. The highest BCUT2D eigenvalue weighted by Gasteiger charge is 2.28. The molecule has 2 aromatic carbocycles. The predicted molar refractivity (Wildman–Crippen MR) is 126 cm³/mol. The van der Waals surface area contributed by atoms with E-state index in [1.165, 1.54) is 36.4 Å². The van der Waals surface area contributed by atoms with Crippen molar-refractivity contribution >= 4 is 29.3 Å². The number of carbonyl (C=O) groups excluding carboxylic acids is 2. The maximum absolute atomic E-state index is 14.8. The number of nitrogens with zero attached hydrogens (tertiary/aromatic N) is 2. The quantitative estimate of drug-likeness (QED) is 0.350. The second kappa shape index (κ2) is 11.8. The van der Waals surface area contributed by atoms with Crippen LogP contribution in [0.5, 0.6) is 5.75 Å². The molecule has 1 saturated carbocycles. The van der Waals surface area contributed by atoms with Gasteiger partial charge in [0.15, 0.2) is 0 Å². The Balaban J connectivity index is 1.32. The van der Waals surface area contributed by atoms with Gasteiger partial charge in [0.05, 0.1) is 18.2 Å². The number of halogens is 3. The molecular weight excluding hydrogens is 493 g/mol. The summed E-state index contributed by atoms with van der Waals surface area (Å²) in [5.41, 5.74) is 1.18. The summed E-state index contributed by atoms with van der Waals surface area (Å²) in [5, 5.41) is 12.5. The van der Waals surface area contributed by atoms with Crippen LogP contribution in [-0.2, 0) is 9.53 Å². The van der Waals surface area contributed by atoms with Crippen LogP contribution >= 0.6 is 0 Å². The lowest BCUT2D eigenvalue weighted by molar-refractivity contribution is -0.149. The molecule has 0 aliphatic heterocycles. The zero-order valence-electron chi connectivity index (χ0n) is 19.9. The lowest BCUT2D eigenvalue weighted by atomic mass is 9.78. The van der Waals surface area contributed by atoms with E-state index in [1.54, 1.807) is 13.0 Å². The van der Waals surface area contributed by atoms with Crippen molar-refractivity contribution in [1.82, 2.24) is 10.2 Å². The van der Waals surface area contributed by atoms with Crippen molar-refractivity contribution in [2.75, 3.05) is 17.2 Å². The molecule has 1 fully saturated rings. The molecule has 0 atom stereocenters. The number of nitrogens with one attached hydrogen (secondary N) is 2. The lowest BCUT2D eigenvalue weighted by Gasteiger charge is -2.27. The van der Waals surface area contributed by atoms with Gasteiger partial charge >= 0.3 is 30.4 Å². The fraction of sp³-hybridized carbons (Fsp3) is 0.360. The first-order chi connectivity index (χ1) is 17.8. The molecule has 1 heterocycles. The van der Waals surface area contributed by atoms with Crippen molar-refractivity contribution in [3.8, 4) is 5.75 Å². The average molecular weight is 518 g/mol. The number of aromatic nitrogens is 2. The maximum atomic E-state index is 14.8. The fourth-order valence-electron chi connectivity index (χ4n) is 4.19. The first-order valence-corrected chi connectivity index (χ1v) is 11.7. The number of esters is 1. The van der Waals surface area contributed by atoms with Crippen LogP contribution in [0.4, 0.5) is 30.6 Å². The summed E-state index contributed by atoms with van der Waals surface area (Å²) in [7, 11) is 0. The van der Waals surface area contributed by atoms with Gasteiger partial charge in [0.25, 0.3) is 0 Å². The summed E-state index contributed by atoms with van der Waals surface area (Å²) in [6.07, 6.45) is 2.86. The fourth-order valence-corrected chi connectivity index (χ4v) is 4.19. The van der Waals surface area contributed by atoms with E-state index < -0.39 is 24.2 Å². The van der Waals surface area contributed by atoms with Crippen LogP contribution in [0, 0.1) is 11.7 Å². The van der Waals surface area contributed by atoms with Crippen molar-refractivity contribution in [3.05, 3.63) is 59.7 Å². The van der Waals surface area contributed by atoms with Gasteiger partial charge < -0.3 is 24.5 Å². The van der Waals surface area contributed by atoms with Crippen molar-refractivity contribution < 1.29 is 36.7 Å². The third-order valence-electron chi connectivity index (χ3n) is 6.01. The molecule has 4 rings (SSSR count). The smallest absolute Gasteiger partial charge is 0.387 e. The van der Waals surface area contributed by atoms with Gasteiger partial charge in [0.2, 0.25) is 0 Å². The van der Waals surface area contributed by atoms with Crippen molar-refractivity contribution in [2.24, 2.45) is 5.92 Å². The van der Waals surface area contributed by atoms with Gasteiger partial charge in [-0.25, -0.2) is 4.39 Å². The van der Waals surface area contributed by atoms with E-state index in [1.807, 2.05) is 0 Å². The zero-order chi connectivity index (χ0) is 26.4. The molecule has 3 aromatic rings. The van der Waals surface area contributed by atoms with Crippen molar-refractivity contribution in [3.63, 3.8) is 0 Å². The lowest BCUT2D eigenvalue weighted by Crippen LogP contribution is -2.23. The molecular formula is C25H25F3N4O5. The number of hydrogen-bond donors (Lipinski definition) is 2. The van der Waals surface area contributed by atoms with Gasteiger partial charge in [0.1, 0.15) is 11.6 Å². The maximum Gasteiger partial charge on any atom is 0.387 e. The summed E-state index contributed by atoms with van der Waals surface area (Å²) in [6.45, 7) is -0.803. The van der Waals surface area contributed by atoms with Crippen LogP contribution in [0.3, 0.4) is 0 Å². The predicted octanol–water partition coefficient (Wildman–Crippen LogP) is 5.64. The van der Waals surface area contributed by atoms with E-state index in [0.717, 1.165) is 18.4 Å². The SMILES string of the molecule is CCOC(=O)[C@H]1CC[C@H](c2ccc(NC(=O)c3nnc(Nc4ccc(OC(F)F)cc4)o3)c(F)c2)CC1. The number of hydrogen-bond acceptors (Lipinski definition) is 8. The Kier molecular flexibility index (Phi) is 8.26. The number of rotatable bonds is 9. The van der Waals surface area contributed by atoms with Crippen LogP contribution in [0.15, 0.2) is 46.9 Å². The molecule has 1 aliphatic rings. The Morgan fingerprint density at radius 1 is 1.08 bits per heavy atom. The van der Waals surface area contributed by atoms with Crippen molar-refractivity contribution in [1.29, 1.82) is 0 Å². The summed E-state index contributed by atoms with van der Waals surface area (Å²) in [6, 6.07) is 10.0. The van der Waals surface area contributed by atoms with Crippen LogP contribution in [0.1, 0.15) is 54.8 Å². The van der Waals surface area contributed by atoms with Crippen LogP contribution in [-0.4, -0.2) is 35.3 Å². The average Bonchev–Trinajstić information content (AvgIpc) is 3.35. The van der Waals surface area contributed by atoms with Gasteiger partial charge in [-0.15, -0.1) is 5.10 Å². The standard InChI is InChI=1S/C25H25F3N4O5/c1-2-35-23(34)15-5-3-14(4-6-15)16-7-12-20(19(26)13-16)30-21(33)22-31-32-25(37-22)29-17-8-10-18(11-9-17)36-24(27)28/h7-15,24H,2-6H2,1H3,(H,29,32)(H,30,33)/t14-,15-. The molecule has 12 heteroatoms. The van der Waals surface area contributed by atoms with Gasteiger partial charge in [-0.05, 0) is 80.5 Å². The first-order valence-electron chi connectivity index (χ1n) is 11.7. The normalized spacial score (nSPS) is 17.3. The number of amides is 1. The van der Waals surface area contributed by atoms with Gasteiger partial charge in [-0.1, -0.05) is 11.2 Å². The summed E-state index contributed by atoms with van der Waals surface area (Å²) >= 11 is 0. The number of alkyl halides is 2. The molecule has 0 unspecified atom stereocenters. The minimum absolute atomic E-state index is 0.0245. The molecule has 2 N–H and O–H groups in total. The number of anilines is 3. The summed E-state index contributed by atoms with van der Waals surface area (Å²) in [5.74, 6) is -2.02. The largest absolute Gasteiger partial charge is 0.466 e. The number of benzene rings is 2. The third-order valence-corrected chi connectivity index (χ3v) is 6.01. The Bertz CT molecular complexity index is 1230. The van der Waals surface area contributed by atoms with Gasteiger partial charge in [-0.2, -0.15) is 8.78 Å². The molecule has 0 spiro atoms. The second-order valence-electron chi connectivity index (χ2n) is 8.43. The summed E-state index contributed by atoms with van der Waals surface area (Å²) in [4.78, 5) is 24.4. The molecule has 1 amide bonds. The minimum atomic E-state index is -2.94. The van der Waals surface area contributed by atoms with Crippen LogP contribution in [0.25, 0.3) is 0 Å². The number of carbonyl (C=O) groups is 2. The van der Waals surface area contributed by atoms with E-state index in [-0.39, 0.29) is 35.3 Å². The van der Waals surface area contributed by atoms with Crippen LogP contribution < -0.4 is 15.4 Å². The molecule has 1 aliphatic carbocycles. The summed E-state index contributed by atoms with van der Waals surface area (Å²) < 4.78 is 53.9. The highest BCUT2D eigenvalue weighted by Crippen LogP contribution is 2.37. The molecule has 0 bridgehead atoms. The molecule has 1 aromatic heterocycles. The number of ether oxygens (including phenoxy) is 2. The van der Waals surface area contributed by atoms with Gasteiger partial charge in [-0.3, -0.25) is 9.59 Å². The third kappa shape index (κ3) is 6.78. The topological polar surface area (TPSA) is 116 Å². The van der Waals surface area contributed by atoms with Gasteiger partial charge in [0, 0.05) is 5.69 Å². The monoisotopic (exact) mass is 518 g/mol.